The molecule has 2 heterocycles. The average molecular weight is 363 g/mol. The number of carbonyl (C=O) groups is 1. The van der Waals surface area contributed by atoms with Gasteiger partial charge in [-0.1, -0.05) is 18.2 Å². The predicted molar refractivity (Wildman–Crippen MR) is 103 cm³/mol. The van der Waals surface area contributed by atoms with Crippen molar-refractivity contribution in [1.82, 2.24) is 9.78 Å². The van der Waals surface area contributed by atoms with E-state index in [0.717, 1.165) is 27.9 Å². The number of carbonyl (C=O) groups excluding carboxylic acids is 1. The Morgan fingerprint density at radius 1 is 1.22 bits per heavy atom. The lowest BCUT2D eigenvalue weighted by Gasteiger charge is -2.24. The molecule has 0 aliphatic carbocycles. The normalized spacial score (nSPS) is 16.0. The summed E-state index contributed by atoms with van der Waals surface area (Å²) in [5, 5.41) is 17.7. The highest BCUT2D eigenvalue weighted by atomic mass is 16.5. The molecule has 138 valence electrons. The number of phenolic OH excluding ortho intramolecular Hbond substituents is 1. The van der Waals surface area contributed by atoms with Crippen LogP contribution in [0.4, 0.5) is 5.82 Å². The Morgan fingerprint density at radius 2 is 2.04 bits per heavy atom. The fraction of sp³-hybridized carbons (Fsp3) is 0.238. The molecule has 1 aliphatic rings. The van der Waals surface area contributed by atoms with E-state index < -0.39 is 0 Å². The third-order valence-electron chi connectivity index (χ3n) is 5.02. The van der Waals surface area contributed by atoms with E-state index in [2.05, 4.69) is 22.5 Å². The minimum absolute atomic E-state index is 0.0597. The summed E-state index contributed by atoms with van der Waals surface area (Å²) in [5.41, 5.74) is 4.92. The molecule has 3 aromatic rings. The van der Waals surface area contributed by atoms with Gasteiger partial charge in [-0.05, 0) is 48.7 Å². The first-order valence-electron chi connectivity index (χ1n) is 8.80. The van der Waals surface area contributed by atoms with Gasteiger partial charge < -0.3 is 15.2 Å². The fourth-order valence-corrected chi connectivity index (χ4v) is 3.57. The summed E-state index contributed by atoms with van der Waals surface area (Å²) >= 11 is 0. The van der Waals surface area contributed by atoms with Crippen molar-refractivity contribution in [3.05, 3.63) is 64.8 Å². The minimum Gasteiger partial charge on any atom is -0.504 e. The molecule has 0 spiro atoms. The first-order chi connectivity index (χ1) is 13.0. The lowest BCUT2D eigenvalue weighted by Crippen LogP contribution is -2.24. The second kappa shape index (κ2) is 6.46. The maximum absolute atomic E-state index is 12.4. The Balaban J connectivity index is 1.82. The van der Waals surface area contributed by atoms with Crippen molar-refractivity contribution in [2.24, 2.45) is 0 Å². The zero-order valence-electron chi connectivity index (χ0n) is 15.5. The molecule has 1 aromatic heterocycles. The van der Waals surface area contributed by atoms with E-state index >= 15 is 0 Å². The zero-order chi connectivity index (χ0) is 19.1. The van der Waals surface area contributed by atoms with Crippen molar-refractivity contribution in [3.8, 4) is 17.2 Å². The van der Waals surface area contributed by atoms with Crippen LogP contribution in [0.3, 0.4) is 0 Å². The number of methoxy groups -OCH3 is 1. The van der Waals surface area contributed by atoms with Crippen molar-refractivity contribution in [2.45, 2.75) is 26.2 Å². The second-order valence-electron chi connectivity index (χ2n) is 6.89. The van der Waals surface area contributed by atoms with Crippen LogP contribution >= 0.6 is 0 Å². The van der Waals surface area contributed by atoms with Crippen LogP contribution in [0.2, 0.25) is 0 Å². The van der Waals surface area contributed by atoms with Gasteiger partial charge in [-0.25, -0.2) is 4.68 Å². The number of hydrogen-bond donors (Lipinski definition) is 2. The Bertz CT molecular complexity index is 1040. The van der Waals surface area contributed by atoms with Gasteiger partial charge >= 0.3 is 0 Å². The minimum atomic E-state index is -0.176. The standard InChI is InChI=1S/C21H21N3O3/c1-12-4-5-13(2)17(8-12)24-21-16(11-22-24)15(10-20(26)23-21)14-6-7-19(27-3)18(25)9-14/h4-9,11,15,25H,10H2,1-3H3,(H,23,26). The average Bonchev–Trinajstić information content (AvgIpc) is 3.06. The molecule has 2 aromatic carbocycles. The highest BCUT2D eigenvalue weighted by Gasteiger charge is 2.31. The van der Waals surface area contributed by atoms with Crippen molar-refractivity contribution in [2.75, 3.05) is 12.4 Å². The molecule has 1 amide bonds. The molecule has 0 bridgehead atoms. The van der Waals surface area contributed by atoms with Crippen molar-refractivity contribution < 1.29 is 14.6 Å². The van der Waals surface area contributed by atoms with Crippen LogP contribution in [0.25, 0.3) is 5.69 Å². The summed E-state index contributed by atoms with van der Waals surface area (Å²) in [5.74, 6) is 0.898. The van der Waals surface area contributed by atoms with E-state index in [-0.39, 0.29) is 17.6 Å². The maximum Gasteiger partial charge on any atom is 0.226 e. The first-order valence-corrected chi connectivity index (χ1v) is 8.80. The van der Waals surface area contributed by atoms with Gasteiger partial charge in [-0.15, -0.1) is 0 Å². The lowest BCUT2D eigenvalue weighted by molar-refractivity contribution is -0.116. The van der Waals surface area contributed by atoms with E-state index in [1.54, 1.807) is 23.0 Å². The monoisotopic (exact) mass is 363 g/mol. The van der Waals surface area contributed by atoms with Crippen LogP contribution in [-0.2, 0) is 4.79 Å². The summed E-state index contributed by atoms with van der Waals surface area (Å²) in [7, 11) is 1.51. The van der Waals surface area contributed by atoms with Gasteiger partial charge in [0.05, 0.1) is 19.0 Å². The van der Waals surface area contributed by atoms with Crippen LogP contribution in [0.15, 0.2) is 42.6 Å². The molecule has 0 radical (unpaired) electrons. The number of nitrogens with zero attached hydrogens (tertiary/aromatic N) is 2. The van der Waals surface area contributed by atoms with Gasteiger partial charge in [0.15, 0.2) is 11.5 Å². The van der Waals surface area contributed by atoms with Crippen molar-refractivity contribution >= 4 is 11.7 Å². The second-order valence-corrected chi connectivity index (χ2v) is 6.89. The molecule has 0 saturated carbocycles. The Morgan fingerprint density at radius 3 is 2.78 bits per heavy atom. The van der Waals surface area contributed by atoms with Gasteiger partial charge in [-0.3, -0.25) is 4.79 Å². The number of fused-ring (bicyclic) bond motifs is 1. The molecule has 6 heteroatoms. The molecule has 2 N–H and O–H groups in total. The Hall–Kier alpha value is -3.28. The number of aromatic hydroxyl groups is 1. The van der Waals surface area contributed by atoms with Crippen LogP contribution in [0, 0.1) is 13.8 Å². The van der Waals surface area contributed by atoms with E-state index in [1.807, 2.05) is 26.0 Å². The largest absolute Gasteiger partial charge is 0.504 e. The summed E-state index contributed by atoms with van der Waals surface area (Å²) in [6.45, 7) is 4.05. The molecule has 1 unspecified atom stereocenters. The smallest absolute Gasteiger partial charge is 0.226 e. The number of rotatable bonds is 3. The Labute approximate surface area is 157 Å². The molecule has 6 nitrogen and oxygen atoms in total. The van der Waals surface area contributed by atoms with Crippen LogP contribution < -0.4 is 10.1 Å². The van der Waals surface area contributed by atoms with E-state index in [9.17, 15) is 9.90 Å². The molecule has 0 saturated heterocycles. The number of hydrogen-bond acceptors (Lipinski definition) is 4. The summed E-state index contributed by atoms with van der Waals surface area (Å²) < 4.78 is 6.90. The van der Waals surface area contributed by atoms with E-state index in [0.29, 0.717) is 18.0 Å². The molecule has 4 rings (SSSR count). The zero-order valence-corrected chi connectivity index (χ0v) is 15.5. The Kier molecular flexibility index (Phi) is 4.11. The van der Waals surface area contributed by atoms with Crippen LogP contribution in [-0.4, -0.2) is 27.9 Å². The number of anilines is 1. The van der Waals surface area contributed by atoms with Gasteiger partial charge in [0.25, 0.3) is 0 Å². The molecule has 27 heavy (non-hydrogen) atoms. The quantitative estimate of drug-likeness (QED) is 0.744. The molecule has 0 fully saturated rings. The highest BCUT2D eigenvalue weighted by Crippen LogP contribution is 2.40. The number of ether oxygens (including phenoxy) is 1. The van der Waals surface area contributed by atoms with Crippen LogP contribution in [0.5, 0.6) is 11.5 Å². The topological polar surface area (TPSA) is 76.4 Å². The van der Waals surface area contributed by atoms with Gasteiger partial charge in [-0.2, -0.15) is 5.10 Å². The number of phenols is 1. The summed E-state index contributed by atoms with van der Waals surface area (Å²) in [4.78, 5) is 12.4. The lowest BCUT2D eigenvalue weighted by atomic mass is 9.87. The fourth-order valence-electron chi connectivity index (χ4n) is 3.57. The molecular weight excluding hydrogens is 342 g/mol. The first kappa shape index (κ1) is 17.1. The van der Waals surface area contributed by atoms with Crippen molar-refractivity contribution in [3.63, 3.8) is 0 Å². The molecule has 1 aliphatic heterocycles. The number of aromatic nitrogens is 2. The number of benzene rings is 2. The van der Waals surface area contributed by atoms with Gasteiger partial charge in [0.2, 0.25) is 5.91 Å². The number of nitrogens with one attached hydrogen (secondary N) is 1. The van der Waals surface area contributed by atoms with E-state index in [4.69, 9.17) is 4.74 Å². The number of amides is 1. The van der Waals surface area contributed by atoms with Gasteiger partial charge in [0.1, 0.15) is 5.82 Å². The molecular formula is C21H21N3O3. The summed E-state index contributed by atoms with van der Waals surface area (Å²) in [6, 6.07) is 11.4. The third kappa shape index (κ3) is 2.93. The SMILES string of the molecule is COc1ccc(C2CC(=O)Nc3c2cnn3-c2cc(C)ccc2C)cc1O. The van der Waals surface area contributed by atoms with Crippen LogP contribution in [0.1, 0.15) is 34.6 Å². The molecule has 1 atom stereocenters. The van der Waals surface area contributed by atoms with Crippen molar-refractivity contribution in [1.29, 1.82) is 0 Å². The number of aryl methyl sites for hydroxylation is 2. The van der Waals surface area contributed by atoms with Gasteiger partial charge in [0, 0.05) is 17.9 Å². The predicted octanol–water partition coefficient (Wildman–Crippen LogP) is 3.68. The van der Waals surface area contributed by atoms with E-state index in [1.165, 1.54) is 7.11 Å². The highest BCUT2D eigenvalue weighted by molar-refractivity contribution is 5.94. The summed E-state index contributed by atoms with van der Waals surface area (Å²) in [6.07, 6.45) is 2.10. The third-order valence-corrected chi connectivity index (χ3v) is 5.02. The maximum atomic E-state index is 12.4.